The minimum atomic E-state index is -1.68. The molecule has 2 aromatic rings. The van der Waals surface area contributed by atoms with Crippen molar-refractivity contribution < 1.29 is 20.4 Å². The fourth-order valence-electron chi connectivity index (χ4n) is 5.15. The summed E-state index contributed by atoms with van der Waals surface area (Å²) in [5.41, 5.74) is 2.19. The summed E-state index contributed by atoms with van der Waals surface area (Å²) in [4.78, 5) is 42.6. The molecule has 1 aromatic heterocycles. The van der Waals surface area contributed by atoms with Crippen LogP contribution in [0.2, 0.25) is 0 Å². The molecule has 3 heterocycles. The molecule has 7 N–H and O–H groups in total. The first-order chi connectivity index (χ1) is 17.2. The number of aromatic amines is 2. The quantitative estimate of drug-likeness (QED) is 0.153. The van der Waals surface area contributed by atoms with Gasteiger partial charge in [0.05, 0.1) is 30.2 Å². The lowest BCUT2D eigenvalue weighted by molar-refractivity contribution is -0.0802. The first-order valence-electron chi connectivity index (χ1n) is 11.6. The van der Waals surface area contributed by atoms with Crippen LogP contribution in [0.1, 0.15) is 42.0 Å². The summed E-state index contributed by atoms with van der Waals surface area (Å²) < 4.78 is 1.50. The number of nitrogens with one attached hydrogen (secondary N) is 3. The van der Waals surface area contributed by atoms with Gasteiger partial charge in [0.2, 0.25) is 5.95 Å². The summed E-state index contributed by atoms with van der Waals surface area (Å²) >= 11 is 0. The number of rotatable bonds is 8. The molecule has 5 atom stereocenters. The van der Waals surface area contributed by atoms with E-state index in [1.165, 1.54) is 4.57 Å². The number of hydrogen-bond acceptors (Lipinski definition) is 10. The molecule has 13 nitrogen and oxygen atoms in total. The van der Waals surface area contributed by atoms with Gasteiger partial charge in [0.1, 0.15) is 18.3 Å². The average molecular weight is 498 g/mol. The van der Waals surface area contributed by atoms with Crippen LogP contribution in [0.15, 0.2) is 28.0 Å². The molecule has 1 aromatic carbocycles. The molecule has 2 aliphatic heterocycles. The normalized spacial score (nSPS) is 19.6. The molecule has 0 saturated carbocycles. The van der Waals surface area contributed by atoms with Gasteiger partial charge in [-0.05, 0) is 36.1 Å². The highest BCUT2D eigenvalue weighted by atomic mass is 16.4. The third-order valence-corrected chi connectivity index (χ3v) is 6.84. The second-order valence-electron chi connectivity index (χ2n) is 9.04. The average Bonchev–Trinajstić information content (AvgIpc) is 3.35. The van der Waals surface area contributed by atoms with E-state index < -0.39 is 36.2 Å². The predicted octanol–water partition coefficient (Wildman–Crippen LogP) is -0.648. The van der Waals surface area contributed by atoms with Crippen molar-refractivity contribution in [1.82, 2.24) is 29.5 Å². The van der Waals surface area contributed by atoms with Gasteiger partial charge in [0.15, 0.2) is 11.5 Å². The van der Waals surface area contributed by atoms with E-state index in [-0.39, 0.29) is 30.0 Å². The second-order valence-corrected chi connectivity index (χ2v) is 9.04. The highest BCUT2D eigenvalue weighted by molar-refractivity contribution is 5.88. The fraction of sp³-hybridized carbons (Fsp3) is 0.435. The monoisotopic (exact) mass is 497 g/mol. The van der Waals surface area contributed by atoms with Crippen molar-refractivity contribution in [3.8, 4) is 11.5 Å². The Morgan fingerprint density at radius 1 is 1.17 bits per heavy atom. The molecule has 2 unspecified atom stereocenters. The van der Waals surface area contributed by atoms with Crippen LogP contribution in [0.4, 0.5) is 5.95 Å². The van der Waals surface area contributed by atoms with Gasteiger partial charge >= 0.3 is 5.69 Å². The number of fused-ring (bicyclic) bond motifs is 4. The zero-order valence-electron chi connectivity index (χ0n) is 19.6. The second kappa shape index (κ2) is 9.09. The molecule has 0 bridgehead atoms. The number of aromatic nitrogens is 6. The summed E-state index contributed by atoms with van der Waals surface area (Å²) in [5, 5.41) is 43.5. The summed E-state index contributed by atoms with van der Waals surface area (Å²) in [6.07, 6.45) is -0.694. The van der Waals surface area contributed by atoms with Crippen molar-refractivity contribution in [2.45, 2.75) is 57.1 Å². The Labute approximate surface area is 203 Å². The molecule has 0 spiro atoms. The molecule has 190 valence electrons. The van der Waals surface area contributed by atoms with Crippen molar-refractivity contribution >= 4 is 17.0 Å². The van der Waals surface area contributed by atoms with Gasteiger partial charge < -0.3 is 35.3 Å². The first kappa shape index (κ1) is 24.1. The van der Waals surface area contributed by atoms with Crippen LogP contribution in [-0.2, 0) is 6.54 Å². The largest absolute Gasteiger partial charge is 0.394 e. The lowest BCUT2D eigenvalue weighted by atomic mass is 9.68. The maximum atomic E-state index is 12.6. The summed E-state index contributed by atoms with van der Waals surface area (Å²) in [5.74, 6) is 0.565. The van der Waals surface area contributed by atoms with E-state index in [0.29, 0.717) is 17.0 Å². The Morgan fingerprint density at radius 2 is 1.94 bits per heavy atom. The number of benzene rings is 1. The van der Waals surface area contributed by atoms with Crippen LogP contribution >= 0.6 is 0 Å². The molecule has 0 amide bonds. The van der Waals surface area contributed by atoms with Crippen molar-refractivity contribution in [3.05, 3.63) is 56.0 Å². The van der Waals surface area contributed by atoms with Gasteiger partial charge in [-0.15, -0.1) is 0 Å². The molecular weight excluding hydrogens is 470 g/mol. The molecule has 0 radical (unpaired) electrons. The van der Waals surface area contributed by atoms with Gasteiger partial charge in [-0.25, -0.2) is 14.8 Å². The number of nitrogens with zero attached hydrogens (tertiary/aromatic N) is 4. The minimum Gasteiger partial charge on any atom is -0.394 e. The SMILES string of the molecule is CCC1c2c(c(C)cc3nc4c(=O)[nH]c(=O)nc-4n(C[C@@H](O)[C@@H](O)[C@@H](O)CO)c23)C1Nc1ncc[nH]1. The Bertz CT molecular complexity index is 1500. The van der Waals surface area contributed by atoms with Gasteiger partial charge in [-0.3, -0.25) is 9.78 Å². The van der Waals surface area contributed by atoms with Gasteiger partial charge in [-0.2, -0.15) is 4.98 Å². The highest BCUT2D eigenvalue weighted by Gasteiger charge is 2.42. The standard InChI is InChI=1S/C23H27N7O6/c1-3-10-15-14(16(10)27-22-24-4-5-25-22)9(2)6-11-18(15)30(7-12(32)19(34)13(33)8-31)20-17(26-11)21(35)29-23(36)28-20/h4-6,10,12-13,16,19,31-34H,3,7-8H2,1-2H3,(H2,24,25,27)(H,29,35,36)/t10?,12-,13+,16?,19-/m1/s1. The molecule has 36 heavy (non-hydrogen) atoms. The van der Waals surface area contributed by atoms with E-state index in [0.717, 1.165) is 23.1 Å². The van der Waals surface area contributed by atoms with Gasteiger partial charge in [0.25, 0.3) is 5.56 Å². The van der Waals surface area contributed by atoms with Crippen molar-refractivity contribution in [2.75, 3.05) is 11.9 Å². The number of H-pyrrole nitrogens is 2. The Kier molecular flexibility index (Phi) is 6.08. The van der Waals surface area contributed by atoms with Gasteiger partial charge in [0, 0.05) is 18.3 Å². The van der Waals surface area contributed by atoms with Crippen LogP contribution in [-0.4, -0.2) is 74.8 Å². The number of aliphatic hydroxyl groups is 4. The molecule has 0 saturated heterocycles. The number of hydrogen-bond donors (Lipinski definition) is 7. The van der Waals surface area contributed by atoms with Crippen molar-refractivity contribution in [2.24, 2.45) is 0 Å². The fourth-order valence-corrected chi connectivity index (χ4v) is 5.15. The molecular formula is C23H27N7O6. The predicted molar refractivity (Wildman–Crippen MR) is 129 cm³/mol. The number of aliphatic hydroxyl groups excluding tert-OH is 4. The highest BCUT2D eigenvalue weighted by Crippen LogP contribution is 2.53. The first-order valence-corrected chi connectivity index (χ1v) is 11.6. The Balaban J connectivity index is 1.76. The Hall–Kier alpha value is -3.65. The lowest BCUT2D eigenvalue weighted by Gasteiger charge is -2.42. The molecule has 1 aliphatic carbocycles. The number of anilines is 1. The van der Waals surface area contributed by atoms with E-state index in [1.807, 2.05) is 19.9 Å². The topological polar surface area (TPSA) is 202 Å². The number of imidazole rings is 1. The maximum absolute atomic E-state index is 12.6. The maximum Gasteiger partial charge on any atom is 0.349 e. The molecule has 5 rings (SSSR count). The van der Waals surface area contributed by atoms with E-state index in [4.69, 9.17) is 0 Å². The molecule has 3 aliphatic rings. The van der Waals surface area contributed by atoms with Crippen LogP contribution < -0.4 is 16.6 Å². The minimum absolute atomic E-state index is 0.00295. The summed E-state index contributed by atoms with van der Waals surface area (Å²) in [6, 6.07) is 1.75. The van der Waals surface area contributed by atoms with E-state index >= 15 is 0 Å². The lowest BCUT2D eigenvalue weighted by Crippen LogP contribution is -2.42. The van der Waals surface area contributed by atoms with Crippen molar-refractivity contribution in [3.63, 3.8) is 0 Å². The van der Waals surface area contributed by atoms with Crippen LogP contribution in [0.3, 0.4) is 0 Å². The zero-order chi connectivity index (χ0) is 25.7. The smallest absolute Gasteiger partial charge is 0.349 e. The van der Waals surface area contributed by atoms with Crippen LogP contribution in [0.25, 0.3) is 22.6 Å². The summed E-state index contributed by atoms with van der Waals surface area (Å²) in [6.45, 7) is 2.91. The molecule has 0 fully saturated rings. The van der Waals surface area contributed by atoms with Crippen molar-refractivity contribution in [1.29, 1.82) is 0 Å². The van der Waals surface area contributed by atoms with E-state index in [9.17, 15) is 30.0 Å². The van der Waals surface area contributed by atoms with Gasteiger partial charge in [-0.1, -0.05) is 6.92 Å². The summed E-state index contributed by atoms with van der Waals surface area (Å²) in [7, 11) is 0. The van der Waals surface area contributed by atoms with E-state index in [1.54, 1.807) is 12.4 Å². The number of aryl methyl sites for hydroxylation is 1. The zero-order valence-corrected chi connectivity index (χ0v) is 19.6. The third-order valence-electron chi connectivity index (χ3n) is 6.84. The molecule has 13 heteroatoms. The van der Waals surface area contributed by atoms with Crippen LogP contribution in [0.5, 0.6) is 0 Å². The van der Waals surface area contributed by atoms with Crippen LogP contribution in [0, 0.1) is 6.92 Å². The third kappa shape index (κ3) is 3.76. The Morgan fingerprint density at radius 3 is 2.61 bits per heavy atom. The van der Waals surface area contributed by atoms with E-state index in [2.05, 4.69) is 30.2 Å².